The van der Waals surface area contributed by atoms with Gasteiger partial charge >= 0.3 is 5.97 Å². The lowest BCUT2D eigenvalue weighted by molar-refractivity contribution is -0.148. The summed E-state index contributed by atoms with van der Waals surface area (Å²) in [5.41, 5.74) is 2.68. The van der Waals surface area contributed by atoms with Gasteiger partial charge in [0.25, 0.3) is 0 Å². The van der Waals surface area contributed by atoms with E-state index in [1.807, 2.05) is 91.0 Å². The van der Waals surface area contributed by atoms with E-state index in [4.69, 9.17) is 0 Å². The molecule has 3 aromatic carbocycles. The second-order valence-electron chi connectivity index (χ2n) is 8.58. The molecule has 0 aliphatic carbocycles. The number of carboxylic acids is 1. The monoisotopic (exact) mass is 456 g/mol. The van der Waals surface area contributed by atoms with Crippen LogP contribution in [0.25, 0.3) is 0 Å². The molecule has 4 rings (SSSR count). The third-order valence-corrected chi connectivity index (χ3v) is 6.23. The van der Waals surface area contributed by atoms with Gasteiger partial charge in [-0.25, -0.2) is 4.79 Å². The van der Waals surface area contributed by atoms with Crippen molar-refractivity contribution in [1.82, 2.24) is 10.2 Å². The minimum absolute atomic E-state index is 0.144. The molecule has 1 fully saturated rings. The van der Waals surface area contributed by atoms with Crippen LogP contribution in [0.15, 0.2) is 91.0 Å². The topological polar surface area (TPSA) is 86.7 Å². The third-order valence-electron chi connectivity index (χ3n) is 6.23. The molecule has 1 heterocycles. The molecule has 6 heteroatoms. The quantitative estimate of drug-likeness (QED) is 0.542. The Bertz CT molecular complexity index is 1080. The highest BCUT2D eigenvalue weighted by Gasteiger charge is 2.42. The average Bonchev–Trinajstić information content (AvgIpc) is 3.29. The van der Waals surface area contributed by atoms with E-state index in [0.29, 0.717) is 12.8 Å². The zero-order valence-electron chi connectivity index (χ0n) is 18.8. The first-order chi connectivity index (χ1) is 16.5. The molecule has 34 heavy (non-hydrogen) atoms. The Morgan fingerprint density at radius 2 is 1.38 bits per heavy atom. The maximum atomic E-state index is 13.8. The van der Waals surface area contributed by atoms with Crippen molar-refractivity contribution in [3.63, 3.8) is 0 Å². The number of aryl methyl sites for hydroxylation is 1. The van der Waals surface area contributed by atoms with Crippen molar-refractivity contribution in [1.29, 1.82) is 0 Å². The Hall–Kier alpha value is -3.93. The molecule has 3 aromatic rings. The Labute approximate surface area is 199 Å². The van der Waals surface area contributed by atoms with Gasteiger partial charge in [0.05, 0.1) is 5.92 Å². The van der Waals surface area contributed by atoms with E-state index in [2.05, 4.69) is 5.32 Å². The fourth-order valence-corrected chi connectivity index (χ4v) is 4.56. The number of likely N-dealkylation sites (tertiary alicyclic amines) is 1. The molecule has 1 aliphatic rings. The molecular weight excluding hydrogens is 428 g/mol. The molecule has 1 aliphatic heterocycles. The normalized spacial score (nSPS) is 17.5. The van der Waals surface area contributed by atoms with Crippen LogP contribution in [0.2, 0.25) is 0 Å². The highest BCUT2D eigenvalue weighted by molar-refractivity contribution is 5.91. The molecule has 2 atom stereocenters. The Balaban J connectivity index is 1.49. The Morgan fingerprint density at radius 3 is 1.91 bits per heavy atom. The standard InChI is InChI=1S/C28H28N2O4/c31-25(17-16-20-10-4-1-5-11-20)29-23-18-24(28(33)34)30(19-23)27(32)26(21-12-6-2-7-13-21)22-14-8-3-9-15-22/h1-15,23-24,26H,16-19H2,(H,29,31)(H,33,34). The molecule has 1 saturated heterocycles. The van der Waals surface area contributed by atoms with E-state index < -0.39 is 24.0 Å². The number of hydrogen-bond donors (Lipinski definition) is 2. The van der Waals surface area contributed by atoms with E-state index in [0.717, 1.165) is 16.7 Å². The molecule has 6 nitrogen and oxygen atoms in total. The van der Waals surface area contributed by atoms with Crippen molar-refractivity contribution in [2.24, 2.45) is 0 Å². The van der Waals surface area contributed by atoms with Crippen molar-refractivity contribution >= 4 is 17.8 Å². The van der Waals surface area contributed by atoms with Gasteiger partial charge in [0.1, 0.15) is 6.04 Å². The Morgan fingerprint density at radius 1 is 0.853 bits per heavy atom. The highest BCUT2D eigenvalue weighted by atomic mass is 16.4. The number of rotatable bonds is 8. The number of carbonyl (C=O) groups excluding carboxylic acids is 2. The SMILES string of the molecule is O=C(CCc1ccccc1)NC1CC(C(=O)O)N(C(=O)C(c2ccccc2)c2ccccc2)C1. The van der Waals surface area contributed by atoms with Crippen molar-refractivity contribution in [2.45, 2.75) is 37.3 Å². The molecule has 174 valence electrons. The predicted molar refractivity (Wildman–Crippen MR) is 129 cm³/mol. The van der Waals surface area contributed by atoms with Gasteiger partial charge in [-0.3, -0.25) is 9.59 Å². The summed E-state index contributed by atoms with van der Waals surface area (Å²) in [7, 11) is 0. The number of aliphatic carboxylic acids is 1. The summed E-state index contributed by atoms with van der Waals surface area (Å²) >= 11 is 0. The minimum atomic E-state index is -1.06. The predicted octanol–water partition coefficient (Wildman–Crippen LogP) is 3.62. The average molecular weight is 457 g/mol. The largest absolute Gasteiger partial charge is 0.480 e. The number of hydrogen-bond acceptors (Lipinski definition) is 3. The first-order valence-corrected chi connectivity index (χ1v) is 11.5. The fraction of sp³-hybridized carbons (Fsp3) is 0.250. The van der Waals surface area contributed by atoms with Crippen LogP contribution < -0.4 is 5.32 Å². The van der Waals surface area contributed by atoms with Crippen LogP contribution in [0.1, 0.15) is 35.4 Å². The molecule has 2 unspecified atom stereocenters. The minimum Gasteiger partial charge on any atom is -0.480 e. The van der Waals surface area contributed by atoms with Crippen molar-refractivity contribution in [2.75, 3.05) is 6.54 Å². The van der Waals surface area contributed by atoms with Crippen molar-refractivity contribution in [3.8, 4) is 0 Å². The van der Waals surface area contributed by atoms with Crippen LogP contribution in [0.5, 0.6) is 0 Å². The molecule has 2 amide bonds. The molecular formula is C28H28N2O4. The molecule has 0 aromatic heterocycles. The van der Waals surface area contributed by atoms with Gasteiger partial charge in [-0.1, -0.05) is 91.0 Å². The summed E-state index contributed by atoms with van der Waals surface area (Å²) in [6, 6.07) is 27.1. The second kappa shape index (κ2) is 10.8. The first kappa shape index (κ1) is 23.2. The number of benzene rings is 3. The van der Waals surface area contributed by atoms with Crippen molar-refractivity contribution in [3.05, 3.63) is 108 Å². The number of amides is 2. The van der Waals surface area contributed by atoms with Crippen LogP contribution in [0.3, 0.4) is 0 Å². The summed E-state index contributed by atoms with van der Waals surface area (Å²) in [6.45, 7) is 0.170. The van der Waals surface area contributed by atoms with Gasteiger partial charge < -0.3 is 15.3 Å². The molecule has 0 spiro atoms. The highest BCUT2D eigenvalue weighted by Crippen LogP contribution is 2.30. The lowest BCUT2D eigenvalue weighted by atomic mass is 9.90. The third kappa shape index (κ3) is 5.52. The molecule has 0 bridgehead atoms. The van der Waals surface area contributed by atoms with Gasteiger partial charge in [0, 0.05) is 25.4 Å². The Kier molecular flexibility index (Phi) is 7.38. The fourth-order valence-electron chi connectivity index (χ4n) is 4.56. The zero-order chi connectivity index (χ0) is 23.9. The van der Waals surface area contributed by atoms with Crippen LogP contribution >= 0.6 is 0 Å². The maximum absolute atomic E-state index is 13.8. The van der Waals surface area contributed by atoms with Gasteiger partial charge in [-0.05, 0) is 23.1 Å². The summed E-state index contributed by atoms with van der Waals surface area (Å²) < 4.78 is 0. The van der Waals surface area contributed by atoms with E-state index in [-0.39, 0.29) is 24.8 Å². The second-order valence-corrected chi connectivity index (χ2v) is 8.58. The van der Waals surface area contributed by atoms with E-state index >= 15 is 0 Å². The van der Waals surface area contributed by atoms with Gasteiger partial charge in [-0.2, -0.15) is 0 Å². The van der Waals surface area contributed by atoms with Gasteiger partial charge in [0.2, 0.25) is 11.8 Å². The van der Waals surface area contributed by atoms with Crippen LogP contribution in [-0.4, -0.2) is 46.4 Å². The maximum Gasteiger partial charge on any atom is 0.326 e. The lowest BCUT2D eigenvalue weighted by Crippen LogP contribution is -2.44. The summed E-state index contributed by atoms with van der Waals surface area (Å²) in [5, 5.41) is 12.8. The van der Waals surface area contributed by atoms with E-state index in [9.17, 15) is 19.5 Å². The molecule has 0 saturated carbocycles. The van der Waals surface area contributed by atoms with E-state index in [1.165, 1.54) is 4.90 Å². The summed E-state index contributed by atoms with van der Waals surface area (Å²) in [5.74, 6) is -2.09. The van der Waals surface area contributed by atoms with Gasteiger partial charge in [-0.15, -0.1) is 0 Å². The molecule has 2 N–H and O–H groups in total. The molecule has 0 radical (unpaired) electrons. The van der Waals surface area contributed by atoms with Crippen molar-refractivity contribution < 1.29 is 19.5 Å². The smallest absolute Gasteiger partial charge is 0.326 e. The first-order valence-electron chi connectivity index (χ1n) is 11.5. The summed E-state index contributed by atoms with van der Waals surface area (Å²) in [4.78, 5) is 39.8. The van der Waals surface area contributed by atoms with Gasteiger partial charge in [0.15, 0.2) is 0 Å². The lowest BCUT2D eigenvalue weighted by Gasteiger charge is -2.27. The zero-order valence-corrected chi connectivity index (χ0v) is 18.8. The van der Waals surface area contributed by atoms with E-state index in [1.54, 1.807) is 0 Å². The van der Waals surface area contributed by atoms with Crippen LogP contribution in [0.4, 0.5) is 0 Å². The van der Waals surface area contributed by atoms with Crippen LogP contribution in [0, 0.1) is 0 Å². The number of nitrogens with zero attached hydrogens (tertiary/aromatic N) is 1. The summed E-state index contributed by atoms with van der Waals surface area (Å²) in [6.07, 6.45) is 1.10. The number of carbonyl (C=O) groups is 3. The number of nitrogens with one attached hydrogen (secondary N) is 1. The van der Waals surface area contributed by atoms with Crippen LogP contribution in [-0.2, 0) is 20.8 Å². The number of carboxylic acid groups (broad SMARTS) is 1.